The molecule has 0 aliphatic carbocycles. The molecule has 1 fully saturated rings. The molecule has 0 saturated carbocycles. The molecule has 2 aromatic rings. The van der Waals surface area contributed by atoms with Gasteiger partial charge >= 0.3 is 0 Å². The Labute approximate surface area is 157 Å². The zero-order chi connectivity index (χ0) is 19.2. The number of anilines is 2. The van der Waals surface area contributed by atoms with Gasteiger partial charge in [0.2, 0.25) is 11.6 Å². The third-order valence-corrected chi connectivity index (χ3v) is 5.21. The summed E-state index contributed by atoms with van der Waals surface area (Å²) in [5.41, 5.74) is 0.230. The standard InChI is InChI=1S/C21H21N3O3/c1-14(2)23-19(26)16-10-6-7-11-17(16)24-18(25)12-13-21(23,24)20(27)22-15-8-4-3-5-9-15/h3-11,14H,12-13H2,1-2H3,(H,22,27). The third-order valence-electron chi connectivity index (χ3n) is 5.21. The summed E-state index contributed by atoms with van der Waals surface area (Å²) < 4.78 is 0. The van der Waals surface area contributed by atoms with Gasteiger partial charge < -0.3 is 10.2 Å². The Bertz CT molecular complexity index is 925. The van der Waals surface area contributed by atoms with E-state index in [9.17, 15) is 14.4 Å². The molecular formula is C21H21N3O3. The molecule has 6 heteroatoms. The van der Waals surface area contributed by atoms with Crippen LogP contribution in [0, 0.1) is 0 Å². The van der Waals surface area contributed by atoms with Crippen molar-refractivity contribution in [3.05, 3.63) is 60.2 Å². The highest BCUT2D eigenvalue weighted by Crippen LogP contribution is 2.45. The highest BCUT2D eigenvalue weighted by atomic mass is 16.2. The van der Waals surface area contributed by atoms with Crippen molar-refractivity contribution in [3.63, 3.8) is 0 Å². The van der Waals surface area contributed by atoms with Gasteiger partial charge in [0.25, 0.3) is 11.8 Å². The highest BCUT2D eigenvalue weighted by molar-refractivity contribution is 6.18. The molecule has 27 heavy (non-hydrogen) atoms. The summed E-state index contributed by atoms with van der Waals surface area (Å²) in [7, 11) is 0. The van der Waals surface area contributed by atoms with Crippen molar-refractivity contribution in [3.8, 4) is 0 Å². The minimum atomic E-state index is -1.35. The molecule has 0 radical (unpaired) electrons. The molecule has 1 atom stereocenters. The van der Waals surface area contributed by atoms with Gasteiger partial charge in [-0.05, 0) is 38.1 Å². The molecule has 1 unspecified atom stereocenters. The number of fused-ring (bicyclic) bond motifs is 3. The number of hydrogen-bond donors (Lipinski definition) is 1. The van der Waals surface area contributed by atoms with E-state index >= 15 is 0 Å². The first kappa shape index (κ1) is 17.3. The number of rotatable bonds is 3. The largest absolute Gasteiger partial charge is 0.322 e. The van der Waals surface area contributed by atoms with Crippen molar-refractivity contribution in [1.29, 1.82) is 0 Å². The summed E-state index contributed by atoms with van der Waals surface area (Å²) >= 11 is 0. The van der Waals surface area contributed by atoms with Crippen molar-refractivity contribution in [1.82, 2.24) is 4.90 Å². The lowest BCUT2D eigenvalue weighted by Crippen LogP contribution is -2.70. The van der Waals surface area contributed by atoms with Crippen LogP contribution in [0.15, 0.2) is 54.6 Å². The van der Waals surface area contributed by atoms with Crippen LogP contribution in [0.2, 0.25) is 0 Å². The zero-order valence-electron chi connectivity index (χ0n) is 15.3. The first-order valence-corrected chi connectivity index (χ1v) is 9.09. The van der Waals surface area contributed by atoms with Crippen LogP contribution in [0.3, 0.4) is 0 Å². The predicted octanol–water partition coefficient (Wildman–Crippen LogP) is 3.01. The summed E-state index contributed by atoms with van der Waals surface area (Å²) in [6.45, 7) is 3.73. The van der Waals surface area contributed by atoms with Gasteiger partial charge in [0.05, 0.1) is 11.3 Å². The number of nitrogens with one attached hydrogen (secondary N) is 1. The van der Waals surface area contributed by atoms with E-state index in [1.165, 1.54) is 4.90 Å². The number of hydrogen-bond acceptors (Lipinski definition) is 3. The molecule has 1 N–H and O–H groups in total. The van der Waals surface area contributed by atoms with Crippen molar-refractivity contribution in [2.24, 2.45) is 0 Å². The number of benzene rings is 2. The Morgan fingerprint density at radius 3 is 2.41 bits per heavy atom. The van der Waals surface area contributed by atoms with E-state index in [2.05, 4.69) is 5.32 Å². The lowest BCUT2D eigenvalue weighted by atomic mass is 9.94. The molecule has 6 nitrogen and oxygen atoms in total. The minimum absolute atomic E-state index is 0.149. The lowest BCUT2D eigenvalue weighted by molar-refractivity contribution is -0.129. The molecule has 2 heterocycles. The summed E-state index contributed by atoms with van der Waals surface area (Å²) in [4.78, 5) is 42.7. The average molecular weight is 363 g/mol. The van der Waals surface area contributed by atoms with Crippen LogP contribution in [-0.4, -0.2) is 34.3 Å². The maximum Gasteiger partial charge on any atom is 0.271 e. The van der Waals surface area contributed by atoms with Crippen LogP contribution >= 0.6 is 0 Å². The van der Waals surface area contributed by atoms with Crippen LogP contribution in [0.1, 0.15) is 37.0 Å². The lowest BCUT2D eigenvalue weighted by Gasteiger charge is -2.50. The Balaban J connectivity index is 1.88. The Hall–Kier alpha value is -3.15. The number of carbonyl (C=O) groups is 3. The molecule has 2 aliphatic rings. The maximum atomic E-state index is 13.5. The van der Waals surface area contributed by atoms with Crippen molar-refractivity contribution in [2.45, 2.75) is 38.4 Å². The van der Waals surface area contributed by atoms with E-state index < -0.39 is 5.66 Å². The summed E-state index contributed by atoms with van der Waals surface area (Å²) in [5, 5.41) is 2.90. The fourth-order valence-corrected chi connectivity index (χ4v) is 4.16. The van der Waals surface area contributed by atoms with Crippen LogP contribution in [0.25, 0.3) is 0 Å². The molecular weight excluding hydrogens is 342 g/mol. The second-order valence-corrected chi connectivity index (χ2v) is 7.15. The highest BCUT2D eigenvalue weighted by Gasteiger charge is 2.61. The second-order valence-electron chi connectivity index (χ2n) is 7.15. The summed E-state index contributed by atoms with van der Waals surface area (Å²) in [6, 6.07) is 15.8. The number of nitrogens with zero attached hydrogens (tertiary/aromatic N) is 2. The van der Waals surface area contributed by atoms with E-state index in [4.69, 9.17) is 0 Å². The first-order chi connectivity index (χ1) is 13.0. The average Bonchev–Trinajstić information content (AvgIpc) is 3.01. The second kappa shape index (κ2) is 6.23. The van der Waals surface area contributed by atoms with Gasteiger partial charge in [-0.25, -0.2) is 0 Å². The van der Waals surface area contributed by atoms with Gasteiger partial charge in [0, 0.05) is 24.6 Å². The summed E-state index contributed by atoms with van der Waals surface area (Å²) in [5.74, 6) is -0.741. The first-order valence-electron chi connectivity index (χ1n) is 9.09. The van der Waals surface area contributed by atoms with Gasteiger partial charge in [-0.2, -0.15) is 0 Å². The van der Waals surface area contributed by atoms with Gasteiger partial charge in [-0.15, -0.1) is 0 Å². The molecule has 0 aromatic heterocycles. The Morgan fingerprint density at radius 1 is 1.04 bits per heavy atom. The normalized spacial score (nSPS) is 21.3. The van der Waals surface area contributed by atoms with E-state index in [-0.39, 0.29) is 36.6 Å². The maximum absolute atomic E-state index is 13.5. The van der Waals surface area contributed by atoms with E-state index in [0.717, 1.165) is 0 Å². The molecule has 4 rings (SSSR count). The number of para-hydroxylation sites is 2. The Kier molecular flexibility index (Phi) is 3.98. The molecule has 0 spiro atoms. The third kappa shape index (κ3) is 2.44. The number of amides is 3. The van der Waals surface area contributed by atoms with Gasteiger partial charge in [0.15, 0.2) is 0 Å². The van der Waals surface area contributed by atoms with Gasteiger partial charge in [0.1, 0.15) is 0 Å². The van der Waals surface area contributed by atoms with E-state index in [1.807, 2.05) is 32.0 Å². The summed E-state index contributed by atoms with van der Waals surface area (Å²) in [6.07, 6.45) is 0.482. The monoisotopic (exact) mass is 363 g/mol. The van der Waals surface area contributed by atoms with Crippen LogP contribution in [0.5, 0.6) is 0 Å². The van der Waals surface area contributed by atoms with Crippen LogP contribution < -0.4 is 10.2 Å². The number of carbonyl (C=O) groups excluding carboxylic acids is 3. The molecule has 3 amide bonds. The van der Waals surface area contributed by atoms with Crippen LogP contribution in [0.4, 0.5) is 11.4 Å². The molecule has 138 valence electrons. The minimum Gasteiger partial charge on any atom is -0.322 e. The van der Waals surface area contributed by atoms with E-state index in [0.29, 0.717) is 16.9 Å². The SMILES string of the molecule is CC(C)N1C(=O)c2ccccc2N2C(=O)CCC21C(=O)Nc1ccccc1. The quantitative estimate of drug-likeness (QED) is 0.911. The van der Waals surface area contributed by atoms with E-state index in [1.54, 1.807) is 41.3 Å². The fourth-order valence-electron chi connectivity index (χ4n) is 4.16. The smallest absolute Gasteiger partial charge is 0.271 e. The predicted molar refractivity (Wildman–Crippen MR) is 102 cm³/mol. The van der Waals surface area contributed by atoms with Crippen LogP contribution in [-0.2, 0) is 9.59 Å². The molecule has 1 saturated heterocycles. The fraction of sp³-hybridized carbons (Fsp3) is 0.286. The van der Waals surface area contributed by atoms with Gasteiger partial charge in [-0.3, -0.25) is 19.3 Å². The van der Waals surface area contributed by atoms with Crippen molar-refractivity contribution < 1.29 is 14.4 Å². The topological polar surface area (TPSA) is 69.7 Å². The van der Waals surface area contributed by atoms with Crippen molar-refractivity contribution >= 4 is 29.1 Å². The Morgan fingerprint density at radius 2 is 1.70 bits per heavy atom. The molecule has 2 aliphatic heterocycles. The zero-order valence-corrected chi connectivity index (χ0v) is 15.3. The van der Waals surface area contributed by atoms with Gasteiger partial charge in [-0.1, -0.05) is 30.3 Å². The van der Waals surface area contributed by atoms with Crippen molar-refractivity contribution in [2.75, 3.05) is 10.2 Å². The molecule has 2 aromatic carbocycles. The molecule has 0 bridgehead atoms.